The Morgan fingerprint density at radius 2 is 2.11 bits per heavy atom. The summed E-state index contributed by atoms with van der Waals surface area (Å²) in [6.07, 6.45) is 1.79. The summed E-state index contributed by atoms with van der Waals surface area (Å²) in [7, 11) is 0. The third kappa shape index (κ3) is 3.00. The largest absolute Gasteiger partial charge is 0.396 e. The van der Waals surface area contributed by atoms with Gasteiger partial charge in [0.2, 0.25) is 0 Å². The molecule has 1 fully saturated rings. The molecule has 0 bridgehead atoms. The highest BCUT2D eigenvalue weighted by Gasteiger charge is 2.25. The maximum absolute atomic E-state index is 13.0. The average Bonchev–Trinajstić information content (AvgIpc) is 2.53. The summed E-state index contributed by atoms with van der Waals surface area (Å²) in [4.78, 5) is 2.30. The molecule has 100 valence electrons. The minimum atomic E-state index is -0.210. The molecule has 2 atom stereocenters. The zero-order valence-electron chi connectivity index (χ0n) is 10.8. The first kappa shape index (κ1) is 13.3. The molecule has 0 radical (unpaired) electrons. The quantitative estimate of drug-likeness (QED) is 0.860. The SMILES string of the molecule is CC1CCNCC(CCO)N1c1ccc(F)cc1. The monoisotopic (exact) mass is 252 g/mol. The third-order valence-electron chi connectivity index (χ3n) is 3.57. The number of nitrogens with one attached hydrogen (secondary N) is 1. The van der Waals surface area contributed by atoms with Gasteiger partial charge in [0.25, 0.3) is 0 Å². The van der Waals surface area contributed by atoms with E-state index in [0.717, 1.165) is 31.6 Å². The molecule has 3 nitrogen and oxygen atoms in total. The van der Waals surface area contributed by atoms with E-state index in [4.69, 9.17) is 0 Å². The fraction of sp³-hybridized carbons (Fsp3) is 0.571. The molecule has 1 aromatic rings. The highest BCUT2D eigenvalue weighted by Crippen LogP contribution is 2.24. The summed E-state index contributed by atoms with van der Waals surface area (Å²) >= 11 is 0. The van der Waals surface area contributed by atoms with Crippen LogP contribution in [0.4, 0.5) is 10.1 Å². The summed E-state index contributed by atoms with van der Waals surface area (Å²) < 4.78 is 13.0. The number of halogens is 1. The average molecular weight is 252 g/mol. The van der Waals surface area contributed by atoms with Gasteiger partial charge in [0.15, 0.2) is 0 Å². The van der Waals surface area contributed by atoms with Crippen LogP contribution in [0.2, 0.25) is 0 Å². The Balaban J connectivity index is 2.24. The van der Waals surface area contributed by atoms with Gasteiger partial charge in [0.05, 0.1) is 0 Å². The standard InChI is InChI=1S/C14H21FN2O/c1-11-6-8-16-10-14(7-9-18)17(11)13-4-2-12(15)3-5-13/h2-5,11,14,16,18H,6-10H2,1H3. The highest BCUT2D eigenvalue weighted by molar-refractivity contribution is 5.48. The van der Waals surface area contributed by atoms with Crippen molar-refractivity contribution in [3.8, 4) is 0 Å². The molecule has 1 heterocycles. The smallest absolute Gasteiger partial charge is 0.123 e. The van der Waals surface area contributed by atoms with Crippen molar-refractivity contribution in [1.82, 2.24) is 5.32 Å². The summed E-state index contributed by atoms with van der Waals surface area (Å²) in [5.74, 6) is -0.210. The maximum Gasteiger partial charge on any atom is 0.123 e. The van der Waals surface area contributed by atoms with Gasteiger partial charge in [0, 0.05) is 30.9 Å². The molecule has 4 heteroatoms. The van der Waals surface area contributed by atoms with Crippen molar-refractivity contribution in [2.24, 2.45) is 0 Å². The molecule has 0 saturated carbocycles. The topological polar surface area (TPSA) is 35.5 Å². The second kappa shape index (κ2) is 6.16. The van der Waals surface area contributed by atoms with Crippen LogP contribution in [0.5, 0.6) is 0 Å². The zero-order valence-corrected chi connectivity index (χ0v) is 10.8. The molecule has 1 aromatic carbocycles. The van der Waals surface area contributed by atoms with Gasteiger partial charge >= 0.3 is 0 Å². The Morgan fingerprint density at radius 1 is 1.39 bits per heavy atom. The Bertz CT molecular complexity index is 369. The lowest BCUT2D eigenvalue weighted by atomic mass is 10.1. The molecule has 2 N–H and O–H groups in total. The van der Waals surface area contributed by atoms with Crippen LogP contribution in [0, 0.1) is 5.82 Å². The van der Waals surface area contributed by atoms with Crippen LogP contribution in [0.25, 0.3) is 0 Å². The summed E-state index contributed by atoms with van der Waals surface area (Å²) in [6, 6.07) is 7.29. The lowest BCUT2D eigenvalue weighted by Crippen LogP contribution is -2.44. The molecule has 1 aliphatic heterocycles. The van der Waals surface area contributed by atoms with E-state index in [1.54, 1.807) is 0 Å². The van der Waals surface area contributed by atoms with Crippen LogP contribution >= 0.6 is 0 Å². The summed E-state index contributed by atoms with van der Waals surface area (Å²) in [5.41, 5.74) is 1.03. The van der Waals surface area contributed by atoms with E-state index in [1.165, 1.54) is 12.1 Å². The minimum absolute atomic E-state index is 0.177. The highest BCUT2D eigenvalue weighted by atomic mass is 19.1. The second-order valence-corrected chi connectivity index (χ2v) is 4.89. The van der Waals surface area contributed by atoms with Crippen molar-refractivity contribution in [3.63, 3.8) is 0 Å². The van der Waals surface area contributed by atoms with Gasteiger partial charge < -0.3 is 15.3 Å². The van der Waals surface area contributed by atoms with Crippen molar-refractivity contribution >= 4 is 5.69 Å². The Labute approximate surface area is 108 Å². The third-order valence-corrected chi connectivity index (χ3v) is 3.57. The molecular formula is C14H21FN2O. The molecule has 1 saturated heterocycles. The fourth-order valence-corrected chi connectivity index (χ4v) is 2.65. The van der Waals surface area contributed by atoms with Crippen LogP contribution in [-0.2, 0) is 0 Å². The van der Waals surface area contributed by atoms with Gasteiger partial charge in [0.1, 0.15) is 5.82 Å². The molecule has 18 heavy (non-hydrogen) atoms. The normalized spacial score (nSPS) is 24.9. The van der Waals surface area contributed by atoms with Crippen molar-refractivity contribution < 1.29 is 9.50 Å². The number of anilines is 1. The molecule has 0 aromatic heterocycles. The van der Waals surface area contributed by atoms with Gasteiger partial charge in [-0.2, -0.15) is 0 Å². The first-order chi connectivity index (χ1) is 8.72. The van der Waals surface area contributed by atoms with Crippen molar-refractivity contribution in [1.29, 1.82) is 0 Å². The predicted molar refractivity (Wildman–Crippen MR) is 71.3 cm³/mol. The number of hydrogen-bond donors (Lipinski definition) is 2. The van der Waals surface area contributed by atoms with Crippen LogP contribution in [0.1, 0.15) is 19.8 Å². The van der Waals surface area contributed by atoms with Gasteiger partial charge in [-0.05, 0) is 50.6 Å². The van der Waals surface area contributed by atoms with Crippen LogP contribution in [0.3, 0.4) is 0 Å². The number of aliphatic hydroxyl groups is 1. The van der Waals surface area contributed by atoms with Gasteiger partial charge in [-0.25, -0.2) is 4.39 Å². The Kier molecular flexibility index (Phi) is 4.55. The van der Waals surface area contributed by atoms with E-state index in [9.17, 15) is 9.50 Å². The molecule has 1 aliphatic rings. The van der Waals surface area contributed by atoms with Crippen molar-refractivity contribution in [3.05, 3.63) is 30.1 Å². The van der Waals surface area contributed by atoms with E-state index in [1.807, 2.05) is 12.1 Å². The first-order valence-electron chi connectivity index (χ1n) is 6.58. The number of hydrogen-bond acceptors (Lipinski definition) is 3. The molecule has 0 aliphatic carbocycles. The molecule has 2 unspecified atom stereocenters. The maximum atomic E-state index is 13.0. The Hall–Kier alpha value is -1.13. The number of aliphatic hydroxyl groups excluding tert-OH is 1. The second-order valence-electron chi connectivity index (χ2n) is 4.89. The number of benzene rings is 1. The predicted octanol–water partition coefficient (Wildman–Crippen LogP) is 1.76. The van der Waals surface area contributed by atoms with Crippen LogP contribution in [-0.4, -0.2) is 36.9 Å². The molecule has 0 amide bonds. The minimum Gasteiger partial charge on any atom is -0.396 e. The summed E-state index contributed by atoms with van der Waals surface area (Å²) in [6.45, 7) is 4.21. The van der Waals surface area contributed by atoms with E-state index in [0.29, 0.717) is 6.04 Å². The van der Waals surface area contributed by atoms with E-state index < -0.39 is 0 Å². The first-order valence-corrected chi connectivity index (χ1v) is 6.58. The number of nitrogens with zero attached hydrogens (tertiary/aromatic N) is 1. The lowest BCUT2D eigenvalue weighted by Gasteiger charge is -2.36. The molecule has 0 spiro atoms. The van der Waals surface area contributed by atoms with Gasteiger partial charge in [-0.1, -0.05) is 0 Å². The van der Waals surface area contributed by atoms with E-state index >= 15 is 0 Å². The van der Waals surface area contributed by atoms with E-state index in [-0.39, 0.29) is 18.5 Å². The zero-order chi connectivity index (χ0) is 13.0. The van der Waals surface area contributed by atoms with Crippen LogP contribution in [0.15, 0.2) is 24.3 Å². The van der Waals surface area contributed by atoms with Crippen molar-refractivity contribution in [2.45, 2.75) is 31.8 Å². The van der Waals surface area contributed by atoms with E-state index in [2.05, 4.69) is 17.1 Å². The fourth-order valence-electron chi connectivity index (χ4n) is 2.65. The van der Waals surface area contributed by atoms with Crippen molar-refractivity contribution in [2.75, 3.05) is 24.6 Å². The lowest BCUT2D eigenvalue weighted by molar-refractivity contribution is 0.271. The van der Waals surface area contributed by atoms with Gasteiger partial charge in [-0.3, -0.25) is 0 Å². The molecule has 2 rings (SSSR count). The molecular weight excluding hydrogens is 231 g/mol. The number of rotatable bonds is 3. The summed E-state index contributed by atoms with van der Waals surface area (Å²) in [5, 5.41) is 12.6. The van der Waals surface area contributed by atoms with Crippen LogP contribution < -0.4 is 10.2 Å². The Morgan fingerprint density at radius 3 is 2.78 bits per heavy atom. The van der Waals surface area contributed by atoms with Gasteiger partial charge in [-0.15, -0.1) is 0 Å².